The second-order valence-corrected chi connectivity index (χ2v) is 7.16. The van der Waals surface area contributed by atoms with Crippen molar-refractivity contribution < 1.29 is 17.7 Å². The lowest BCUT2D eigenvalue weighted by Crippen LogP contribution is -2.31. The predicted octanol–water partition coefficient (Wildman–Crippen LogP) is 2.34. The molecule has 0 saturated heterocycles. The maximum atomic E-state index is 11.9. The van der Waals surface area contributed by atoms with Gasteiger partial charge in [0.15, 0.2) is 0 Å². The minimum Gasteiger partial charge on any atom is -0.378 e. The third-order valence-corrected chi connectivity index (χ3v) is 5.02. The van der Waals surface area contributed by atoms with E-state index in [1.54, 1.807) is 18.2 Å². The summed E-state index contributed by atoms with van der Waals surface area (Å²) < 4.78 is 28.6. The van der Waals surface area contributed by atoms with Crippen LogP contribution in [0.2, 0.25) is 0 Å². The van der Waals surface area contributed by atoms with Gasteiger partial charge in [0.2, 0.25) is 0 Å². The summed E-state index contributed by atoms with van der Waals surface area (Å²) in [5.41, 5.74) is -0.994. The van der Waals surface area contributed by atoms with Crippen molar-refractivity contribution in [3.63, 3.8) is 0 Å². The van der Waals surface area contributed by atoms with Gasteiger partial charge in [0.05, 0.1) is 4.90 Å². The summed E-state index contributed by atoms with van der Waals surface area (Å²) in [5.74, 6) is 6.01. The summed E-state index contributed by atoms with van der Waals surface area (Å²) in [4.78, 5) is 0.108. The first-order valence-electron chi connectivity index (χ1n) is 7.08. The summed E-state index contributed by atoms with van der Waals surface area (Å²) in [6.45, 7) is 1.91. The lowest BCUT2D eigenvalue weighted by atomic mass is 9.80. The van der Waals surface area contributed by atoms with E-state index < -0.39 is 15.7 Å². The van der Waals surface area contributed by atoms with Crippen LogP contribution in [0.1, 0.15) is 32.6 Å². The fourth-order valence-electron chi connectivity index (χ4n) is 2.33. The van der Waals surface area contributed by atoms with Gasteiger partial charge in [-0.15, -0.1) is 0 Å². The van der Waals surface area contributed by atoms with Crippen molar-refractivity contribution in [3.8, 4) is 11.8 Å². The van der Waals surface area contributed by atoms with Gasteiger partial charge in [-0.05, 0) is 43.7 Å². The fourth-order valence-corrected chi connectivity index (χ4v) is 3.17. The van der Waals surface area contributed by atoms with Gasteiger partial charge in [0.1, 0.15) is 12.2 Å². The molecular formula is C16H20O4S. The third-order valence-electron chi connectivity index (χ3n) is 3.74. The Labute approximate surface area is 126 Å². The Hall–Kier alpha value is -1.35. The van der Waals surface area contributed by atoms with Crippen molar-refractivity contribution in [2.45, 2.75) is 43.1 Å². The van der Waals surface area contributed by atoms with Crippen molar-refractivity contribution >= 4 is 10.1 Å². The molecule has 1 fully saturated rings. The highest BCUT2D eigenvalue weighted by molar-refractivity contribution is 7.86. The lowest BCUT2D eigenvalue weighted by Gasteiger charge is -2.30. The Kier molecular flexibility index (Phi) is 5.04. The van der Waals surface area contributed by atoms with Crippen molar-refractivity contribution in [1.29, 1.82) is 0 Å². The highest BCUT2D eigenvalue weighted by Crippen LogP contribution is 2.31. The minimum atomic E-state index is -3.78. The van der Waals surface area contributed by atoms with E-state index in [0.29, 0.717) is 18.8 Å². The molecule has 0 unspecified atom stereocenters. The Balaban J connectivity index is 1.92. The molecule has 1 saturated carbocycles. The molecule has 5 heteroatoms. The summed E-state index contributed by atoms with van der Waals surface area (Å²) in [5, 5.41) is 10.3. The van der Waals surface area contributed by atoms with Crippen LogP contribution in [0, 0.1) is 17.8 Å². The van der Waals surface area contributed by atoms with Gasteiger partial charge in [0, 0.05) is 0 Å². The molecule has 4 nitrogen and oxygen atoms in total. The van der Waals surface area contributed by atoms with E-state index in [4.69, 9.17) is 4.18 Å². The number of benzene rings is 1. The lowest BCUT2D eigenvalue weighted by molar-refractivity contribution is 0.0469. The summed E-state index contributed by atoms with van der Waals surface area (Å²) in [6.07, 6.45) is 3.14. The van der Waals surface area contributed by atoms with Crippen LogP contribution < -0.4 is 0 Å². The van der Waals surface area contributed by atoms with Gasteiger partial charge in [-0.3, -0.25) is 4.18 Å². The van der Waals surface area contributed by atoms with Gasteiger partial charge < -0.3 is 5.11 Å². The van der Waals surface area contributed by atoms with E-state index in [-0.39, 0.29) is 11.5 Å². The van der Waals surface area contributed by atoms with Crippen LogP contribution in [0.5, 0.6) is 0 Å². The number of aliphatic hydroxyl groups is 1. The molecule has 2 rings (SSSR count). The molecule has 1 aliphatic rings. The smallest absolute Gasteiger partial charge is 0.297 e. The Morgan fingerprint density at radius 3 is 2.52 bits per heavy atom. The predicted molar refractivity (Wildman–Crippen MR) is 79.9 cm³/mol. The van der Waals surface area contributed by atoms with Crippen LogP contribution in [0.3, 0.4) is 0 Å². The summed E-state index contributed by atoms with van der Waals surface area (Å²) in [6, 6.07) is 7.94. The highest BCUT2D eigenvalue weighted by atomic mass is 32.2. The largest absolute Gasteiger partial charge is 0.378 e. The van der Waals surface area contributed by atoms with Gasteiger partial charge >= 0.3 is 0 Å². The molecule has 114 valence electrons. The molecule has 0 amide bonds. The van der Waals surface area contributed by atoms with Crippen LogP contribution in [0.15, 0.2) is 35.2 Å². The van der Waals surface area contributed by atoms with Crippen molar-refractivity contribution in [2.75, 3.05) is 6.61 Å². The third kappa shape index (κ3) is 4.57. The molecule has 1 aromatic carbocycles. The van der Waals surface area contributed by atoms with Crippen molar-refractivity contribution in [1.82, 2.24) is 0 Å². The standard InChI is InChI=1S/C16H20O4S/c1-14-8-11-16(17,12-9-14)10-5-13-20-21(18,19)15-6-3-2-4-7-15/h2-4,6-7,14,17H,8-9,11-13H2,1H3. The van der Waals surface area contributed by atoms with Crippen molar-refractivity contribution in [3.05, 3.63) is 30.3 Å². The van der Waals surface area contributed by atoms with Crippen LogP contribution >= 0.6 is 0 Å². The summed E-state index contributed by atoms with van der Waals surface area (Å²) >= 11 is 0. The SMILES string of the molecule is CC1CCC(O)(C#CCOS(=O)(=O)c2ccccc2)CC1. The molecular weight excluding hydrogens is 288 g/mol. The zero-order valence-corrected chi connectivity index (χ0v) is 12.9. The molecule has 21 heavy (non-hydrogen) atoms. The number of rotatable bonds is 3. The second kappa shape index (κ2) is 6.61. The van der Waals surface area contributed by atoms with Gasteiger partial charge in [-0.2, -0.15) is 8.42 Å². The molecule has 1 aromatic rings. The maximum absolute atomic E-state index is 11.9. The number of hydrogen-bond donors (Lipinski definition) is 1. The van der Waals surface area contributed by atoms with Crippen LogP contribution in [-0.4, -0.2) is 25.7 Å². The zero-order valence-electron chi connectivity index (χ0n) is 12.1. The average molecular weight is 308 g/mol. The minimum absolute atomic E-state index is 0.108. The van der Waals surface area contributed by atoms with E-state index in [2.05, 4.69) is 18.8 Å². The fraction of sp³-hybridized carbons (Fsp3) is 0.500. The monoisotopic (exact) mass is 308 g/mol. The molecule has 0 bridgehead atoms. The first-order chi connectivity index (χ1) is 9.91. The second-order valence-electron chi connectivity index (χ2n) is 5.55. The Morgan fingerprint density at radius 2 is 1.90 bits per heavy atom. The van der Waals surface area contributed by atoms with Crippen molar-refractivity contribution in [2.24, 2.45) is 5.92 Å². The molecule has 0 heterocycles. The van der Waals surface area contributed by atoms with E-state index in [1.807, 2.05) is 0 Å². The Morgan fingerprint density at radius 1 is 1.29 bits per heavy atom. The molecule has 0 aliphatic heterocycles. The van der Waals surface area contributed by atoms with E-state index in [0.717, 1.165) is 12.8 Å². The first-order valence-corrected chi connectivity index (χ1v) is 8.49. The molecule has 0 spiro atoms. The molecule has 0 radical (unpaired) electrons. The normalized spacial score (nSPS) is 25.9. The van der Waals surface area contributed by atoms with Crippen LogP contribution in [0.25, 0.3) is 0 Å². The van der Waals surface area contributed by atoms with Crippen LogP contribution in [0.4, 0.5) is 0 Å². The number of hydrogen-bond acceptors (Lipinski definition) is 4. The first kappa shape index (κ1) is 16.0. The van der Waals surface area contributed by atoms with E-state index in [1.165, 1.54) is 12.1 Å². The quantitative estimate of drug-likeness (QED) is 0.687. The molecule has 0 atom stereocenters. The van der Waals surface area contributed by atoms with Gasteiger partial charge in [-0.1, -0.05) is 37.0 Å². The van der Waals surface area contributed by atoms with E-state index in [9.17, 15) is 13.5 Å². The maximum Gasteiger partial charge on any atom is 0.297 e. The van der Waals surface area contributed by atoms with Gasteiger partial charge in [-0.25, -0.2) is 0 Å². The Bertz CT molecular complexity index is 617. The van der Waals surface area contributed by atoms with Crippen LogP contribution in [-0.2, 0) is 14.3 Å². The average Bonchev–Trinajstić information content (AvgIpc) is 2.48. The summed E-state index contributed by atoms with van der Waals surface area (Å²) in [7, 11) is -3.78. The van der Waals surface area contributed by atoms with Gasteiger partial charge in [0.25, 0.3) is 10.1 Å². The zero-order chi connectivity index (χ0) is 15.3. The van der Waals surface area contributed by atoms with E-state index >= 15 is 0 Å². The molecule has 0 aromatic heterocycles. The molecule has 1 aliphatic carbocycles. The topological polar surface area (TPSA) is 63.6 Å². The highest BCUT2D eigenvalue weighted by Gasteiger charge is 2.29. The molecule has 1 N–H and O–H groups in total.